The predicted molar refractivity (Wildman–Crippen MR) is 101 cm³/mol. The lowest BCUT2D eigenvalue weighted by Gasteiger charge is -2.30. The van der Waals surface area contributed by atoms with Gasteiger partial charge in [0.2, 0.25) is 10.0 Å². The molecule has 1 saturated heterocycles. The van der Waals surface area contributed by atoms with Crippen LogP contribution in [0.2, 0.25) is 0 Å². The number of piperidine rings is 1. The van der Waals surface area contributed by atoms with E-state index in [9.17, 15) is 26.4 Å². The molecule has 1 N–H and O–H groups in total. The van der Waals surface area contributed by atoms with Crippen molar-refractivity contribution in [3.8, 4) is 5.75 Å². The van der Waals surface area contributed by atoms with Gasteiger partial charge in [0, 0.05) is 19.1 Å². The predicted octanol–water partition coefficient (Wildman–Crippen LogP) is 2.79. The highest BCUT2D eigenvalue weighted by Crippen LogP contribution is 2.28. The molecule has 1 aliphatic carbocycles. The summed E-state index contributed by atoms with van der Waals surface area (Å²) >= 11 is 0. The molecule has 166 valence electrons. The van der Waals surface area contributed by atoms with Gasteiger partial charge in [-0.1, -0.05) is 0 Å². The van der Waals surface area contributed by atoms with Crippen LogP contribution in [0, 0.1) is 5.92 Å². The maximum absolute atomic E-state index is 12.8. The smallest absolute Gasteiger partial charge is 0.491 e. The number of carbonyl (C=O) groups excluding carboxylic acids is 1. The number of rotatable bonds is 7. The third-order valence-corrected chi connectivity index (χ3v) is 6.85. The average molecular weight is 448 g/mol. The van der Waals surface area contributed by atoms with Crippen LogP contribution in [0.15, 0.2) is 41.0 Å². The topological polar surface area (TPSA) is 84.9 Å². The van der Waals surface area contributed by atoms with Crippen molar-refractivity contribution in [1.82, 2.24) is 9.62 Å². The summed E-state index contributed by atoms with van der Waals surface area (Å²) in [4.78, 5) is 12.0. The molecule has 30 heavy (non-hydrogen) atoms. The van der Waals surface area contributed by atoms with Gasteiger partial charge in [-0.3, -0.25) is 4.79 Å². The lowest BCUT2D eigenvalue weighted by atomic mass is 9.97. The van der Waals surface area contributed by atoms with Crippen LogP contribution in [0.3, 0.4) is 0 Å². The van der Waals surface area contributed by atoms with E-state index < -0.39 is 22.1 Å². The Morgan fingerprint density at radius 1 is 1.13 bits per heavy atom. The van der Waals surface area contributed by atoms with Crippen LogP contribution in [0.5, 0.6) is 5.75 Å². The van der Waals surface area contributed by atoms with Crippen molar-refractivity contribution < 1.29 is 35.9 Å². The molecule has 0 aromatic heterocycles. The summed E-state index contributed by atoms with van der Waals surface area (Å²) in [6.07, 6.45) is -0.196. The zero-order valence-corrected chi connectivity index (χ0v) is 17.1. The number of sulfonamides is 1. The van der Waals surface area contributed by atoms with Crippen molar-refractivity contribution in [2.75, 3.05) is 20.2 Å². The Morgan fingerprint density at radius 3 is 2.23 bits per heavy atom. The number of allylic oxidation sites excluding steroid dienone is 1. The minimum Gasteiger partial charge on any atom is -0.491 e. The van der Waals surface area contributed by atoms with Gasteiger partial charge in [-0.15, -0.1) is 13.2 Å². The number of hydrogen-bond acceptors (Lipinski definition) is 5. The number of amides is 1. The van der Waals surface area contributed by atoms with Gasteiger partial charge < -0.3 is 14.8 Å². The Labute approximate surface area is 172 Å². The van der Waals surface area contributed by atoms with Crippen LogP contribution >= 0.6 is 0 Å². The third-order valence-electron chi connectivity index (χ3n) is 4.94. The quantitative estimate of drug-likeness (QED) is 0.512. The second kappa shape index (κ2) is 8.84. The van der Waals surface area contributed by atoms with Gasteiger partial charge in [-0.25, -0.2) is 8.42 Å². The van der Waals surface area contributed by atoms with E-state index in [-0.39, 0.29) is 41.6 Å². The van der Waals surface area contributed by atoms with Crippen LogP contribution in [0.1, 0.15) is 25.7 Å². The van der Waals surface area contributed by atoms with E-state index in [0.717, 1.165) is 37.1 Å². The zero-order chi connectivity index (χ0) is 21.9. The Morgan fingerprint density at radius 2 is 1.73 bits per heavy atom. The average Bonchev–Trinajstić information content (AvgIpc) is 3.49. The number of ether oxygens (including phenoxy) is 2. The summed E-state index contributed by atoms with van der Waals surface area (Å²) in [7, 11) is -2.42. The van der Waals surface area contributed by atoms with Crippen LogP contribution in [-0.4, -0.2) is 51.2 Å². The van der Waals surface area contributed by atoms with Gasteiger partial charge >= 0.3 is 6.36 Å². The number of halogens is 3. The first-order chi connectivity index (χ1) is 14.1. The van der Waals surface area contributed by atoms with Crippen molar-refractivity contribution in [3.05, 3.63) is 36.1 Å². The van der Waals surface area contributed by atoms with Gasteiger partial charge in [0.15, 0.2) is 5.76 Å². The standard InChI is InChI=1S/C19H23F3N2O5S/c1-28-17(18(25)23-14-2-3-14)12-13-8-10-24(11-9-13)30(26,27)16-6-4-15(5-7-16)29-19(20,21)22/h4-7,12-14H,2-3,8-11H2,1H3,(H,23,25)/b17-12-. The zero-order valence-electron chi connectivity index (χ0n) is 16.3. The number of carbonyl (C=O) groups is 1. The monoisotopic (exact) mass is 448 g/mol. The molecule has 0 atom stereocenters. The second-order valence-electron chi connectivity index (χ2n) is 7.24. The van der Waals surface area contributed by atoms with E-state index in [1.165, 1.54) is 11.4 Å². The summed E-state index contributed by atoms with van der Waals surface area (Å²) < 4.78 is 72.5. The van der Waals surface area contributed by atoms with E-state index in [1.807, 2.05) is 0 Å². The number of methoxy groups -OCH3 is 1. The van der Waals surface area contributed by atoms with Crippen LogP contribution in [0.25, 0.3) is 0 Å². The number of benzene rings is 1. The largest absolute Gasteiger partial charge is 0.573 e. The van der Waals surface area contributed by atoms with Crippen LogP contribution < -0.4 is 10.1 Å². The van der Waals surface area contributed by atoms with Gasteiger partial charge in [-0.05, 0) is 61.9 Å². The molecular formula is C19H23F3N2O5S. The number of hydrogen-bond donors (Lipinski definition) is 1. The van der Waals surface area contributed by atoms with Gasteiger partial charge in [-0.2, -0.15) is 4.31 Å². The van der Waals surface area contributed by atoms with E-state index in [4.69, 9.17) is 4.74 Å². The summed E-state index contributed by atoms with van der Waals surface area (Å²) in [6.45, 7) is 0.455. The van der Waals surface area contributed by atoms with Crippen molar-refractivity contribution in [1.29, 1.82) is 0 Å². The Bertz CT molecular complexity index is 888. The highest BCUT2D eigenvalue weighted by molar-refractivity contribution is 7.89. The summed E-state index contributed by atoms with van der Waals surface area (Å²) in [5.41, 5.74) is 0. The molecule has 3 rings (SSSR count). The molecule has 7 nitrogen and oxygen atoms in total. The molecule has 0 unspecified atom stereocenters. The molecule has 0 bridgehead atoms. The molecule has 1 aliphatic heterocycles. The summed E-state index contributed by atoms with van der Waals surface area (Å²) in [5.74, 6) is -0.541. The molecule has 2 aliphatic rings. The highest BCUT2D eigenvalue weighted by Gasteiger charge is 2.32. The van der Waals surface area contributed by atoms with Crippen molar-refractivity contribution in [3.63, 3.8) is 0 Å². The Balaban J connectivity index is 1.60. The molecule has 0 spiro atoms. The molecule has 0 radical (unpaired) electrons. The van der Waals surface area contributed by atoms with E-state index in [0.29, 0.717) is 12.8 Å². The van der Waals surface area contributed by atoms with E-state index >= 15 is 0 Å². The number of alkyl halides is 3. The molecular weight excluding hydrogens is 425 g/mol. The fourth-order valence-corrected chi connectivity index (χ4v) is 4.65. The van der Waals surface area contributed by atoms with Gasteiger partial charge in [0.25, 0.3) is 5.91 Å². The Hall–Kier alpha value is -2.27. The fourth-order valence-electron chi connectivity index (χ4n) is 3.18. The maximum atomic E-state index is 12.8. The minimum absolute atomic E-state index is 0.0149. The van der Waals surface area contributed by atoms with Gasteiger partial charge in [0.05, 0.1) is 12.0 Å². The van der Waals surface area contributed by atoms with Crippen LogP contribution in [-0.2, 0) is 19.6 Å². The molecule has 2 fully saturated rings. The molecule has 1 amide bonds. The minimum atomic E-state index is -4.84. The number of nitrogens with one attached hydrogen (secondary N) is 1. The summed E-state index contributed by atoms with van der Waals surface area (Å²) in [5, 5.41) is 2.85. The molecule has 1 aromatic carbocycles. The maximum Gasteiger partial charge on any atom is 0.573 e. The SMILES string of the molecule is CO/C(=C\C1CCN(S(=O)(=O)c2ccc(OC(F)(F)F)cc2)CC1)C(=O)NC1CC1. The van der Waals surface area contributed by atoms with Crippen LogP contribution in [0.4, 0.5) is 13.2 Å². The first kappa shape index (κ1) is 22.4. The fraction of sp³-hybridized carbons (Fsp3) is 0.526. The lowest BCUT2D eigenvalue weighted by molar-refractivity contribution is -0.274. The van der Waals surface area contributed by atoms with E-state index in [2.05, 4.69) is 10.1 Å². The molecule has 11 heteroatoms. The number of nitrogens with zero attached hydrogens (tertiary/aromatic N) is 1. The molecule has 1 heterocycles. The highest BCUT2D eigenvalue weighted by atomic mass is 32.2. The summed E-state index contributed by atoms with van der Waals surface area (Å²) in [6, 6.07) is 4.33. The lowest BCUT2D eigenvalue weighted by Crippen LogP contribution is -2.38. The first-order valence-electron chi connectivity index (χ1n) is 9.51. The van der Waals surface area contributed by atoms with Crippen molar-refractivity contribution in [2.45, 2.75) is 43.0 Å². The Kier molecular flexibility index (Phi) is 6.61. The normalized spacial score (nSPS) is 19.4. The third kappa shape index (κ3) is 5.88. The first-order valence-corrected chi connectivity index (χ1v) is 10.9. The molecule has 1 saturated carbocycles. The van der Waals surface area contributed by atoms with Crippen molar-refractivity contribution >= 4 is 15.9 Å². The molecule has 1 aromatic rings. The van der Waals surface area contributed by atoms with Crippen molar-refractivity contribution in [2.24, 2.45) is 5.92 Å². The second-order valence-corrected chi connectivity index (χ2v) is 9.18. The van der Waals surface area contributed by atoms with Gasteiger partial charge in [0.1, 0.15) is 5.75 Å². The van der Waals surface area contributed by atoms with E-state index in [1.54, 1.807) is 6.08 Å².